The van der Waals surface area contributed by atoms with Gasteiger partial charge in [0.1, 0.15) is 0 Å². The van der Waals surface area contributed by atoms with E-state index in [2.05, 4.69) is 63.7 Å². The van der Waals surface area contributed by atoms with Crippen LogP contribution in [0.25, 0.3) is 0 Å². The van der Waals surface area contributed by atoms with Crippen molar-refractivity contribution in [3.63, 3.8) is 0 Å². The van der Waals surface area contributed by atoms with Crippen molar-refractivity contribution < 1.29 is 0 Å². The maximum atomic E-state index is 4.03. The zero-order chi connectivity index (χ0) is 11.4. The fourth-order valence-electron chi connectivity index (χ4n) is 5.01. The van der Waals surface area contributed by atoms with Crippen LogP contribution in [-0.2, 0) is 0 Å². The molecule has 4 atom stereocenters. The Morgan fingerprint density at radius 1 is 0.750 bits per heavy atom. The fraction of sp³-hybridized carbons (Fsp3) is 1.00. The van der Waals surface area contributed by atoms with E-state index in [4.69, 9.17) is 0 Å². The molecule has 16 heavy (non-hydrogen) atoms. The summed E-state index contributed by atoms with van der Waals surface area (Å²) in [6.07, 6.45) is 8.48. The van der Waals surface area contributed by atoms with Crippen LogP contribution in [0.15, 0.2) is 0 Å². The third kappa shape index (κ3) is 0.987. The average Bonchev–Trinajstić information content (AvgIpc) is 2.93. The Morgan fingerprint density at radius 2 is 1.19 bits per heavy atom. The van der Waals surface area contributed by atoms with Crippen LogP contribution in [0.1, 0.15) is 38.5 Å². The maximum absolute atomic E-state index is 4.03. The van der Waals surface area contributed by atoms with Crippen molar-refractivity contribution in [2.24, 2.45) is 22.7 Å². The molecule has 0 aromatic rings. The highest BCUT2D eigenvalue weighted by Gasteiger charge is 2.90. The molecule has 4 aliphatic rings. The van der Waals surface area contributed by atoms with Crippen molar-refractivity contribution in [3.05, 3.63) is 0 Å². The number of fused-ring (bicyclic) bond motifs is 1. The van der Waals surface area contributed by atoms with Crippen LogP contribution >= 0.6 is 63.7 Å². The van der Waals surface area contributed by atoms with Gasteiger partial charge in [0.25, 0.3) is 0 Å². The number of rotatable bonds is 0. The van der Waals surface area contributed by atoms with E-state index in [1.807, 2.05) is 0 Å². The molecule has 90 valence electrons. The fourth-order valence-corrected chi connectivity index (χ4v) is 9.43. The average molecular weight is 478 g/mol. The molecule has 0 bridgehead atoms. The van der Waals surface area contributed by atoms with Crippen molar-refractivity contribution in [1.29, 1.82) is 0 Å². The molecule has 0 heterocycles. The molecule has 4 saturated carbocycles. The van der Waals surface area contributed by atoms with E-state index >= 15 is 0 Å². The van der Waals surface area contributed by atoms with Gasteiger partial charge in [-0.05, 0) is 37.5 Å². The first-order chi connectivity index (χ1) is 7.39. The molecule has 0 amide bonds. The first kappa shape index (κ1) is 11.7. The summed E-state index contributed by atoms with van der Waals surface area (Å²) in [5.41, 5.74) is 1.12. The number of hydrogen-bond acceptors (Lipinski definition) is 0. The lowest BCUT2D eigenvalue weighted by molar-refractivity contribution is 0.164. The summed E-state index contributed by atoms with van der Waals surface area (Å²) in [4.78, 5) is 0. The van der Waals surface area contributed by atoms with E-state index in [9.17, 15) is 0 Å². The molecule has 0 N–H and O–H groups in total. The predicted octanol–water partition coefficient (Wildman–Crippen LogP) is 5.56. The minimum absolute atomic E-state index is 0.264. The van der Waals surface area contributed by atoms with Crippen LogP contribution < -0.4 is 0 Å². The highest BCUT2D eigenvalue weighted by atomic mass is 79.9. The van der Waals surface area contributed by atoms with Gasteiger partial charge in [0.2, 0.25) is 0 Å². The molecular weight excluding hydrogens is 464 g/mol. The normalized spacial score (nSPS) is 59.2. The Hall–Kier alpha value is 1.92. The molecule has 0 radical (unpaired) electrons. The van der Waals surface area contributed by atoms with E-state index in [1.165, 1.54) is 38.5 Å². The minimum atomic E-state index is 0.264. The first-order valence-electron chi connectivity index (χ1n) is 6.15. The van der Waals surface area contributed by atoms with Crippen LogP contribution in [0.2, 0.25) is 0 Å². The van der Waals surface area contributed by atoms with Crippen molar-refractivity contribution in [1.82, 2.24) is 0 Å². The quantitative estimate of drug-likeness (QED) is 0.401. The molecule has 0 aromatic carbocycles. The first-order valence-corrected chi connectivity index (χ1v) is 9.32. The second kappa shape index (κ2) is 2.98. The van der Waals surface area contributed by atoms with E-state index in [0.717, 1.165) is 11.8 Å². The van der Waals surface area contributed by atoms with Gasteiger partial charge in [-0.1, -0.05) is 76.6 Å². The molecule has 0 aliphatic heterocycles. The Kier molecular flexibility index (Phi) is 2.18. The topological polar surface area (TPSA) is 0 Å². The van der Waals surface area contributed by atoms with Crippen LogP contribution in [-0.4, -0.2) is 6.47 Å². The van der Waals surface area contributed by atoms with E-state index in [-0.39, 0.29) is 6.47 Å². The molecule has 4 aliphatic carbocycles. The van der Waals surface area contributed by atoms with Gasteiger partial charge < -0.3 is 0 Å². The summed E-state index contributed by atoms with van der Waals surface area (Å²) in [5.74, 6) is 1.71. The predicted molar refractivity (Wildman–Crippen MR) is 80.7 cm³/mol. The molecule has 4 heteroatoms. The van der Waals surface area contributed by atoms with Gasteiger partial charge in [-0.3, -0.25) is 0 Å². The summed E-state index contributed by atoms with van der Waals surface area (Å²) >= 11 is 15.8. The third-order valence-corrected chi connectivity index (χ3v) is 11.4. The largest absolute Gasteiger partial charge is 0.0929 e. The van der Waals surface area contributed by atoms with Gasteiger partial charge in [0.15, 0.2) is 0 Å². The van der Waals surface area contributed by atoms with E-state index < -0.39 is 0 Å². The number of hydrogen-bond donors (Lipinski definition) is 0. The van der Waals surface area contributed by atoms with E-state index in [1.54, 1.807) is 0 Å². The van der Waals surface area contributed by atoms with Gasteiger partial charge in [-0.2, -0.15) is 0 Å². The summed E-state index contributed by atoms with van der Waals surface area (Å²) in [6, 6.07) is 0. The zero-order valence-electron chi connectivity index (χ0n) is 8.91. The van der Waals surface area contributed by atoms with Crippen LogP contribution in [0.4, 0.5) is 0 Å². The van der Waals surface area contributed by atoms with Gasteiger partial charge >= 0.3 is 0 Å². The molecular formula is C12H14Br4. The standard InChI is InChI=1S/C12H14Br4/c13-11(14)7-5-9-3-1-2-4-10(9,6-8(7)11)12(9,15)16/h7-8H,1-6H2/t7-,8-,9-,10+/m1/s1. The smallest absolute Gasteiger partial charge is 0.0721 e. The van der Waals surface area contributed by atoms with Gasteiger partial charge in [0.05, 0.1) is 6.47 Å². The van der Waals surface area contributed by atoms with Crippen molar-refractivity contribution in [2.45, 2.75) is 45.0 Å². The number of alkyl halides is 4. The van der Waals surface area contributed by atoms with Crippen molar-refractivity contribution >= 4 is 63.7 Å². The van der Waals surface area contributed by atoms with Gasteiger partial charge in [-0.25, -0.2) is 0 Å². The Morgan fingerprint density at radius 3 is 1.62 bits per heavy atom. The Labute approximate surface area is 130 Å². The van der Waals surface area contributed by atoms with Crippen molar-refractivity contribution in [2.75, 3.05) is 0 Å². The Balaban J connectivity index is 1.76. The molecule has 0 unspecified atom stereocenters. The summed E-state index contributed by atoms with van der Waals surface area (Å²) in [6.45, 7) is 0. The second-order valence-corrected chi connectivity index (χ2v) is 13.4. The lowest BCUT2D eigenvalue weighted by Crippen LogP contribution is -2.24. The lowest BCUT2D eigenvalue weighted by Gasteiger charge is -2.32. The molecule has 0 aromatic heterocycles. The van der Waals surface area contributed by atoms with Crippen LogP contribution in [0.3, 0.4) is 0 Å². The second-order valence-electron chi connectivity index (χ2n) is 6.24. The Bertz CT molecular complexity index is 345. The van der Waals surface area contributed by atoms with Gasteiger partial charge in [0, 0.05) is 10.8 Å². The van der Waals surface area contributed by atoms with E-state index in [0.29, 0.717) is 10.8 Å². The molecule has 0 spiro atoms. The highest BCUT2D eigenvalue weighted by molar-refractivity contribution is 9.26. The summed E-state index contributed by atoms with van der Waals surface area (Å²) < 4.78 is 0.549. The monoisotopic (exact) mass is 474 g/mol. The summed E-state index contributed by atoms with van der Waals surface area (Å²) in [5, 5.41) is 0. The zero-order valence-corrected chi connectivity index (χ0v) is 15.3. The molecule has 4 fully saturated rings. The SMILES string of the molecule is BrC1(Br)[C@@H]2C[C@]34CCCC[C@@]3(C[C@H]21)C4(Br)Br. The third-order valence-electron chi connectivity index (χ3n) is 6.01. The lowest BCUT2D eigenvalue weighted by atomic mass is 9.71. The maximum Gasteiger partial charge on any atom is 0.0929 e. The number of halogens is 4. The van der Waals surface area contributed by atoms with Crippen molar-refractivity contribution in [3.8, 4) is 0 Å². The highest BCUT2D eigenvalue weighted by Crippen LogP contribution is 2.94. The molecule has 0 nitrogen and oxygen atoms in total. The van der Waals surface area contributed by atoms with Crippen LogP contribution in [0, 0.1) is 22.7 Å². The summed E-state index contributed by atoms with van der Waals surface area (Å²) in [7, 11) is 0. The van der Waals surface area contributed by atoms with Crippen LogP contribution in [0.5, 0.6) is 0 Å². The minimum Gasteiger partial charge on any atom is -0.0721 e. The molecule has 0 saturated heterocycles. The molecule has 4 rings (SSSR count). The van der Waals surface area contributed by atoms with Gasteiger partial charge in [-0.15, -0.1) is 0 Å².